The third-order valence-electron chi connectivity index (χ3n) is 4.65. The summed E-state index contributed by atoms with van der Waals surface area (Å²) in [5, 5.41) is 14.9. The van der Waals surface area contributed by atoms with Crippen LogP contribution in [0, 0.1) is 11.3 Å². The molecule has 28 heavy (non-hydrogen) atoms. The molecule has 138 valence electrons. The summed E-state index contributed by atoms with van der Waals surface area (Å²) < 4.78 is 10.7. The van der Waals surface area contributed by atoms with Crippen LogP contribution in [0.3, 0.4) is 0 Å². The van der Waals surface area contributed by atoms with Crippen LogP contribution < -0.4 is 14.8 Å². The number of fused-ring (bicyclic) bond motifs is 2. The van der Waals surface area contributed by atoms with Gasteiger partial charge < -0.3 is 19.8 Å². The number of nitriles is 1. The first kappa shape index (κ1) is 17.4. The van der Waals surface area contributed by atoms with Gasteiger partial charge in [-0.15, -0.1) is 0 Å². The molecule has 4 aromatic rings. The number of ether oxygens (including phenoxy) is 2. The number of nitrogens with one attached hydrogen (secondary N) is 2. The van der Waals surface area contributed by atoms with E-state index < -0.39 is 0 Å². The van der Waals surface area contributed by atoms with Gasteiger partial charge in [-0.05, 0) is 41.1 Å². The molecule has 0 radical (unpaired) electrons. The molecule has 6 heteroatoms. The second-order valence-electron chi connectivity index (χ2n) is 6.26. The van der Waals surface area contributed by atoms with Gasteiger partial charge in [0.05, 0.1) is 19.8 Å². The molecule has 0 spiro atoms. The van der Waals surface area contributed by atoms with Gasteiger partial charge in [0, 0.05) is 16.6 Å². The number of para-hydroxylation sites is 1. The minimum Gasteiger partial charge on any atom is -0.493 e. The van der Waals surface area contributed by atoms with Gasteiger partial charge in [-0.25, -0.2) is 0 Å². The summed E-state index contributed by atoms with van der Waals surface area (Å²) in [5.41, 5.74) is 1.95. The SMILES string of the molecule is COc1cc2ccc(NC(=O)c3[nH]c4ccccc4c3C#N)cc2cc1OC. The average molecular weight is 371 g/mol. The Morgan fingerprint density at radius 2 is 1.71 bits per heavy atom. The van der Waals surface area contributed by atoms with Crippen LogP contribution in [0.15, 0.2) is 54.6 Å². The van der Waals surface area contributed by atoms with E-state index in [1.54, 1.807) is 20.3 Å². The maximum Gasteiger partial charge on any atom is 0.273 e. The van der Waals surface area contributed by atoms with Gasteiger partial charge in [0.1, 0.15) is 11.8 Å². The number of nitrogens with zero attached hydrogens (tertiary/aromatic N) is 1. The van der Waals surface area contributed by atoms with E-state index >= 15 is 0 Å². The topological polar surface area (TPSA) is 87.1 Å². The van der Waals surface area contributed by atoms with Crippen LogP contribution >= 0.6 is 0 Å². The number of hydrogen-bond acceptors (Lipinski definition) is 4. The number of aromatic nitrogens is 1. The minimum atomic E-state index is -0.368. The van der Waals surface area contributed by atoms with Crippen LogP contribution in [0.2, 0.25) is 0 Å². The highest BCUT2D eigenvalue weighted by Gasteiger charge is 2.18. The lowest BCUT2D eigenvalue weighted by atomic mass is 10.1. The summed E-state index contributed by atoms with van der Waals surface area (Å²) >= 11 is 0. The van der Waals surface area contributed by atoms with Crippen LogP contribution in [0.4, 0.5) is 5.69 Å². The number of H-pyrrole nitrogens is 1. The Kier molecular flexibility index (Phi) is 4.34. The average Bonchev–Trinajstić information content (AvgIpc) is 3.11. The van der Waals surface area contributed by atoms with Crippen molar-refractivity contribution in [3.8, 4) is 17.6 Å². The third-order valence-corrected chi connectivity index (χ3v) is 4.65. The molecule has 0 bridgehead atoms. The van der Waals surface area contributed by atoms with Gasteiger partial charge in [0.15, 0.2) is 11.5 Å². The summed E-state index contributed by atoms with van der Waals surface area (Å²) in [6, 6.07) is 18.7. The van der Waals surface area contributed by atoms with Crippen molar-refractivity contribution in [2.45, 2.75) is 0 Å². The molecule has 0 unspecified atom stereocenters. The van der Waals surface area contributed by atoms with Gasteiger partial charge in [0.2, 0.25) is 0 Å². The second kappa shape index (κ2) is 6.97. The van der Waals surface area contributed by atoms with Crippen LogP contribution in [0.1, 0.15) is 16.1 Å². The lowest BCUT2D eigenvalue weighted by Gasteiger charge is -2.11. The molecule has 0 aliphatic rings. The number of hydrogen-bond donors (Lipinski definition) is 2. The fraction of sp³-hybridized carbons (Fsp3) is 0.0909. The van der Waals surface area contributed by atoms with E-state index in [0.29, 0.717) is 22.7 Å². The van der Waals surface area contributed by atoms with Crippen molar-refractivity contribution in [2.24, 2.45) is 0 Å². The highest BCUT2D eigenvalue weighted by atomic mass is 16.5. The number of amides is 1. The molecule has 4 rings (SSSR count). The zero-order valence-electron chi connectivity index (χ0n) is 15.4. The van der Waals surface area contributed by atoms with Gasteiger partial charge in [-0.1, -0.05) is 24.3 Å². The van der Waals surface area contributed by atoms with E-state index in [0.717, 1.165) is 21.7 Å². The minimum absolute atomic E-state index is 0.246. The monoisotopic (exact) mass is 371 g/mol. The number of methoxy groups -OCH3 is 2. The van der Waals surface area contributed by atoms with Crippen LogP contribution in [-0.4, -0.2) is 25.1 Å². The van der Waals surface area contributed by atoms with Gasteiger partial charge in [-0.2, -0.15) is 5.26 Å². The Balaban J connectivity index is 1.70. The zero-order valence-corrected chi connectivity index (χ0v) is 15.4. The molecule has 0 aliphatic heterocycles. The summed E-state index contributed by atoms with van der Waals surface area (Å²) in [6.45, 7) is 0. The molecule has 0 atom stereocenters. The van der Waals surface area contributed by atoms with E-state index in [1.165, 1.54) is 0 Å². The molecule has 2 N–H and O–H groups in total. The second-order valence-corrected chi connectivity index (χ2v) is 6.26. The molecule has 0 saturated carbocycles. The summed E-state index contributed by atoms with van der Waals surface area (Å²) in [6.07, 6.45) is 0. The first-order valence-electron chi connectivity index (χ1n) is 8.62. The van der Waals surface area contributed by atoms with E-state index in [-0.39, 0.29) is 11.6 Å². The lowest BCUT2D eigenvalue weighted by molar-refractivity contribution is 0.102. The molecule has 1 aromatic heterocycles. The van der Waals surface area contributed by atoms with Crippen LogP contribution in [0.25, 0.3) is 21.7 Å². The van der Waals surface area contributed by atoms with Crippen LogP contribution in [-0.2, 0) is 0 Å². The number of carbonyl (C=O) groups is 1. The largest absolute Gasteiger partial charge is 0.493 e. The fourth-order valence-electron chi connectivity index (χ4n) is 3.27. The number of benzene rings is 3. The van der Waals surface area contributed by atoms with E-state index in [1.807, 2.05) is 48.5 Å². The van der Waals surface area contributed by atoms with Gasteiger partial charge >= 0.3 is 0 Å². The van der Waals surface area contributed by atoms with Crippen LogP contribution in [0.5, 0.6) is 11.5 Å². The Hall–Kier alpha value is -3.98. The Labute approximate surface area is 161 Å². The van der Waals surface area contributed by atoms with Gasteiger partial charge in [-0.3, -0.25) is 4.79 Å². The first-order valence-corrected chi connectivity index (χ1v) is 8.62. The molecule has 0 saturated heterocycles. The Morgan fingerprint density at radius 3 is 2.43 bits per heavy atom. The Morgan fingerprint density at radius 1 is 1.00 bits per heavy atom. The van der Waals surface area contributed by atoms with Crippen molar-refractivity contribution >= 4 is 33.3 Å². The number of carbonyl (C=O) groups excluding carboxylic acids is 1. The van der Waals surface area contributed by atoms with Crippen molar-refractivity contribution in [1.82, 2.24) is 4.98 Å². The number of rotatable bonds is 4. The molecule has 0 fully saturated rings. The molecule has 6 nitrogen and oxygen atoms in total. The predicted octanol–water partition coefficient (Wildman–Crippen LogP) is 4.46. The highest BCUT2D eigenvalue weighted by Crippen LogP contribution is 2.33. The molecule has 0 aliphatic carbocycles. The summed E-state index contributed by atoms with van der Waals surface area (Å²) in [4.78, 5) is 15.8. The van der Waals surface area contributed by atoms with Crippen molar-refractivity contribution in [1.29, 1.82) is 5.26 Å². The molecular weight excluding hydrogens is 354 g/mol. The maximum atomic E-state index is 12.8. The molecule has 3 aromatic carbocycles. The summed E-state index contributed by atoms with van der Waals surface area (Å²) in [7, 11) is 3.17. The predicted molar refractivity (Wildman–Crippen MR) is 108 cm³/mol. The number of aromatic amines is 1. The smallest absolute Gasteiger partial charge is 0.273 e. The first-order chi connectivity index (χ1) is 13.6. The molecular formula is C22H17N3O3. The normalized spacial score (nSPS) is 10.6. The molecule has 1 amide bonds. The standard InChI is InChI=1S/C22H17N3O3/c1-27-19-10-13-7-8-15(9-14(13)11-20(19)28-2)24-22(26)21-17(12-23)16-5-3-4-6-18(16)25-21/h3-11,25H,1-2H3,(H,24,26). The summed E-state index contributed by atoms with van der Waals surface area (Å²) in [5.74, 6) is 0.886. The van der Waals surface area contributed by atoms with Gasteiger partial charge in [0.25, 0.3) is 5.91 Å². The highest BCUT2D eigenvalue weighted by molar-refractivity contribution is 6.09. The van der Waals surface area contributed by atoms with Crippen molar-refractivity contribution in [3.63, 3.8) is 0 Å². The number of anilines is 1. The lowest BCUT2D eigenvalue weighted by Crippen LogP contribution is -2.13. The third kappa shape index (κ3) is 2.89. The Bertz CT molecular complexity index is 1250. The van der Waals surface area contributed by atoms with E-state index in [4.69, 9.17) is 9.47 Å². The van der Waals surface area contributed by atoms with E-state index in [9.17, 15) is 10.1 Å². The van der Waals surface area contributed by atoms with Crippen molar-refractivity contribution < 1.29 is 14.3 Å². The quantitative estimate of drug-likeness (QED) is 0.554. The van der Waals surface area contributed by atoms with Crippen molar-refractivity contribution in [2.75, 3.05) is 19.5 Å². The van der Waals surface area contributed by atoms with Crippen molar-refractivity contribution in [3.05, 3.63) is 65.9 Å². The van der Waals surface area contributed by atoms with E-state index in [2.05, 4.69) is 16.4 Å². The fourth-order valence-corrected chi connectivity index (χ4v) is 3.27. The maximum absolute atomic E-state index is 12.8. The zero-order chi connectivity index (χ0) is 19.7. The molecule has 1 heterocycles.